The molecule has 0 radical (unpaired) electrons. The normalized spacial score (nSPS) is 12.7. The molecular weight excluding hydrogens is 1040 g/mol. The van der Waals surface area contributed by atoms with Gasteiger partial charge in [0.1, 0.15) is 0 Å². The second-order valence-corrected chi connectivity index (χ2v) is 26.7. The van der Waals surface area contributed by atoms with Crippen molar-refractivity contribution in [2.45, 2.75) is 443 Å². The van der Waals surface area contributed by atoms with E-state index in [0.717, 1.165) is 51.4 Å². The van der Waals surface area contributed by atoms with Crippen LogP contribution >= 0.6 is 0 Å². The molecule has 1 amide bonds. The summed E-state index contributed by atoms with van der Waals surface area (Å²) in [6.07, 6.45) is 96.6. The van der Waals surface area contributed by atoms with Crippen LogP contribution in [0.3, 0.4) is 0 Å². The quantitative estimate of drug-likeness (QED) is 0.0320. The van der Waals surface area contributed by atoms with Crippen molar-refractivity contribution in [1.82, 2.24) is 5.32 Å². The molecule has 0 spiro atoms. The van der Waals surface area contributed by atoms with E-state index in [4.69, 9.17) is 4.74 Å². The molecule has 0 aliphatic rings. The van der Waals surface area contributed by atoms with E-state index in [0.29, 0.717) is 25.9 Å². The van der Waals surface area contributed by atoms with Gasteiger partial charge in [-0.2, -0.15) is 0 Å². The maximum absolute atomic E-state index is 12.5. The number of carbonyl (C=O) groups excluding carboxylic acids is 2. The lowest BCUT2D eigenvalue weighted by atomic mass is 10.0. The molecule has 0 aliphatic carbocycles. The zero-order valence-electron chi connectivity index (χ0n) is 57.6. The van der Waals surface area contributed by atoms with Gasteiger partial charge in [0.2, 0.25) is 5.91 Å². The van der Waals surface area contributed by atoms with Crippen LogP contribution in [0, 0.1) is 0 Å². The largest absolute Gasteiger partial charge is 0.466 e. The molecular formula is C79H151NO5. The van der Waals surface area contributed by atoms with Crippen LogP contribution in [0.2, 0.25) is 0 Å². The predicted molar refractivity (Wildman–Crippen MR) is 375 cm³/mol. The number of nitrogens with one attached hydrogen (secondary N) is 1. The van der Waals surface area contributed by atoms with Crippen molar-refractivity contribution in [2.24, 2.45) is 0 Å². The summed E-state index contributed by atoms with van der Waals surface area (Å²) in [5.74, 6) is -0.0195. The van der Waals surface area contributed by atoms with Gasteiger partial charge in [0, 0.05) is 12.8 Å². The zero-order chi connectivity index (χ0) is 61.3. The third-order valence-corrected chi connectivity index (χ3v) is 18.2. The molecule has 0 aromatic heterocycles. The average molecular weight is 1200 g/mol. The minimum absolute atomic E-state index is 0.00879. The molecule has 85 heavy (non-hydrogen) atoms. The van der Waals surface area contributed by atoms with Crippen LogP contribution in [-0.4, -0.2) is 47.4 Å². The van der Waals surface area contributed by atoms with Crippen LogP contribution in [-0.2, 0) is 14.3 Å². The SMILES string of the molecule is CCCCCCC/C=C\CCCCCCCC(=O)OCCCCCCCCCCCCC/C=C\C/C=C\CCCCCCCCCCCCCCCCCCCC(=O)NC(CO)C(O)CCCCCCCCCCCCCCCCCCCCC. The third kappa shape index (κ3) is 71.0. The fourth-order valence-electron chi connectivity index (χ4n) is 12.3. The van der Waals surface area contributed by atoms with Crippen molar-refractivity contribution in [3.63, 3.8) is 0 Å². The van der Waals surface area contributed by atoms with Crippen LogP contribution in [0.15, 0.2) is 36.5 Å². The first kappa shape index (κ1) is 83.1. The predicted octanol–water partition coefficient (Wildman–Crippen LogP) is 25.4. The molecule has 0 aromatic rings. The fourth-order valence-corrected chi connectivity index (χ4v) is 12.3. The van der Waals surface area contributed by atoms with Gasteiger partial charge in [-0.05, 0) is 83.5 Å². The van der Waals surface area contributed by atoms with Gasteiger partial charge in [-0.3, -0.25) is 9.59 Å². The van der Waals surface area contributed by atoms with E-state index >= 15 is 0 Å². The number of ether oxygens (including phenoxy) is 1. The van der Waals surface area contributed by atoms with E-state index in [2.05, 4.69) is 55.6 Å². The highest BCUT2D eigenvalue weighted by molar-refractivity contribution is 5.76. The third-order valence-electron chi connectivity index (χ3n) is 18.2. The standard InChI is InChI=1S/C79H151NO5/c1-3-5-7-9-11-13-15-17-19-20-38-41-44-47-51-55-59-63-67-71-77(82)76(75-81)80-78(83)72-68-64-60-56-52-48-45-42-39-36-34-32-30-28-26-24-22-21-23-25-27-29-31-33-35-37-40-43-46-50-54-58-62-66-70-74-85-79(84)73-69-65-61-57-53-49-18-16-14-12-10-8-6-4-2/h16,18,23,25,29,31,76-77,81-82H,3-15,17,19-22,24,26-28,30,32-75H2,1-2H3,(H,80,83)/b18-16-,25-23-,31-29-. The molecule has 0 rings (SSSR count). The van der Waals surface area contributed by atoms with Crippen LogP contribution in [0.1, 0.15) is 431 Å². The first-order chi connectivity index (χ1) is 42.0. The van der Waals surface area contributed by atoms with Crippen molar-refractivity contribution >= 4 is 11.9 Å². The number of rotatable bonds is 73. The Balaban J connectivity index is 3.37. The van der Waals surface area contributed by atoms with Gasteiger partial charge in [-0.1, -0.05) is 371 Å². The lowest BCUT2D eigenvalue weighted by molar-refractivity contribution is -0.143. The topological polar surface area (TPSA) is 95.9 Å². The monoisotopic (exact) mass is 1190 g/mol. The molecule has 0 aliphatic heterocycles. The molecule has 0 fully saturated rings. The number of esters is 1. The summed E-state index contributed by atoms with van der Waals surface area (Å²) in [5, 5.41) is 23.4. The Morgan fingerprint density at radius 2 is 0.588 bits per heavy atom. The molecule has 2 unspecified atom stereocenters. The summed E-state index contributed by atoms with van der Waals surface area (Å²) < 4.78 is 5.49. The average Bonchev–Trinajstić information content (AvgIpc) is 3.51. The highest BCUT2D eigenvalue weighted by atomic mass is 16.5. The van der Waals surface area contributed by atoms with Gasteiger partial charge >= 0.3 is 5.97 Å². The first-order valence-electron chi connectivity index (χ1n) is 38.7. The number of hydrogen-bond donors (Lipinski definition) is 3. The number of carbonyl (C=O) groups is 2. The summed E-state index contributed by atoms with van der Waals surface area (Å²) >= 11 is 0. The Morgan fingerprint density at radius 3 is 0.906 bits per heavy atom. The van der Waals surface area contributed by atoms with E-state index in [1.165, 1.54) is 347 Å². The fraction of sp³-hybridized carbons (Fsp3) is 0.899. The Kier molecular flexibility index (Phi) is 72.9. The Bertz CT molecular complexity index is 1380. The van der Waals surface area contributed by atoms with Gasteiger partial charge in [0.15, 0.2) is 0 Å². The Labute approximate surface area is 532 Å². The molecule has 0 heterocycles. The van der Waals surface area contributed by atoms with Crippen molar-refractivity contribution in [2.75, 3.05) is 13.2 Å². The minimum Gasteiger partial charge on any atom is -0.466 e. The second-order valence-electron chi connectivity index (χ2n) is 26.7. The molecule has 6 nitrogen and oxygen atoms in total. The molecule has 2 atom stereocenters. The van der Waals surface area contributed by atoms with E-state index in [1.807, 2.05) is 0 Å². The maximum atomic E-state index is 12.5. The van der Waals surface area contributed by atoms with Crippen LogP contribution in [0.25, 0.3) is 0 Å². The molecule has 0 bridgehead atoms. The number of aliphatic hydroxyl groups is 2. The van der Waals surface area contributed by atoms with E-state index in [9.17, 15) is 19.8 Å². The van der Waals surface area contributed by atoms with Gasteiger partial charge < -0.3 is 20.3 Å². The summed E-state index contributed by atoms with van der Waals surface area (Å²) in [5.41, 5.74) is 0. The number of unbranched alkanes of at least 4 members (excludes halogenated alkanes) is 56. The van der Waals surface area contributed by atoms with E-state index in [1.54, 1.807) is 0 Å². The van der Waals surface area contributed by atoms with Crippen molar-refractivity contribution in [1.29, 1.82) is 0 Å². The van der Waals surface area contributed by atoms with Crippen molar-refractivity contribution in [3.05, 3.63) is 36.5 Å². The minimum atomic E-state index is -0.664. The Hall–Kier alpha value is -1.92. The number of allylic oxidation sites excluding steroid dienone is 6. The molecule has 0 saturated heterocycles. The highest BCUT2D eigenvalue weighted by Crippen LogP contribution is 2.19. The maximum Gasteiger partial charge on any atom is 0.305 e. The summed E-state index contributed by atoms with van der Waals surface area (Å²) in [6.45, 7) is 4.98. The van der Waals surface area contributed by atoms with Gasteiger partial charge in [0.25, 0.3) is 0 Å². The van der Waals surface area contributed by atoms with Gasteiger partial charge in [-0.25, -0.2) is 0 Å². The molecule has 6 heteroatoms. The van der Waals surface area contributed by atoms with Gasteiger partial charge in [-0.15, -0.1) is 0 Å². The van der Waals surface area contributed by atoms with Crippen molar-refractivity contribution in [3.8, 4) is 0 Å². The van der Waals surface area contributed by atoms with E-state index in [-0.39, 0.29) is 18.5 Å². The lowest BCUT2D eigenvalue weighted by Gasteiger charge is -2.22. The second kappa shape index (κ2) is 74.5. The molecule has 0 saturated carbocycles. The smallest absolute Gasteiger partial charge is 0.305 e. The van der Waals surface area contributed by atoms with Crippen molar-refractivity contribution < 1.29 is 24.5 Å². The summed E-state index contributed by atoms with van der Waals surface area (Å²) in [6, 6.07) is -0.541. The van der Waals surface area contributed by atoms with E-state index < -0.39 is 12.1 Å². The van der Waals surface area contributed by atoms with Crippen LogP contribution in [0.5, 0.6) is 0 Å². The van der Waals surface area contributed by atoms with Crippen LogP contribution < -0.4 is 5.32 Å². The number of hydrogen-bond acceptors (Lipinski definition) is 5. The van der Waals surface area contributed by atoms with Crippen LogP contribution in [0.4, 0.5) is 0 Å². The Morgan fingerprint density at radius 1 is 0.329 bits per heavy atom. The zero-order valence-corrected chi connectivity index (χ0v) is 57.6. The van der Waals surface area contributed by atoms with Gasteiger partial charge in [0.05, 0.1) is 25.4 Å². The molecule has 0 aromatic carbocycles. The highest BCUT2D eigenvalue weighted by Gasteiger charge is 2.20. The number of amides is 1. The molecule has 3 N–H and O–H groups in total. The number of aliphatic hydroxyl groups excluding tert-OH is 2. The first-order valence-corrected chi connectivity index (χ1v) is 38.7. The summed E-state index contributed by atoms with van der Waals surface area (Å²) in [7, 11) is 0. The molecule has 502 valence electrons. The lowest BCUT2D eigenvalue weighted by Crippen LogP contribution is -2.45. The summed E-state index contributed by atoms with van der Waals surface area (Å²) in [4.78, 5) is 24.6.